The molecule has 1 aromatic carbocycles. The maximum atomic E-state index is 15.5. The summed E-state index contributed by atoms with van der Waals surface area (Å²) in [6, 6.07) is 3.35. The molecule has 0 bridgehead atoms. The number of nitrogens with one attached hydrogen (secondary N) is 3. The van der Waals surface area contributed by atoms with Gasteiger partial charge >= 0.3 is 0 Å². The van der Waals surface area contributed by atoms with Crippen molar-refractivity contribution in [1.82, 2.24) is 25.6 Å². The molecule has 9 nitrogen and oxygen atoms in total. The first kappa shape index (κ1) is 27.1. The van der Waals surface area contributed by atoms with Crippen molar-refractivity contribution in [3.05, 3.63) is 41.1 Å². The lowest BCUT2D eigenvalue weighted by molar-refractivity contribution is -0.129. The summed E-state index contributed by atoms with van der Waals surface area (Å²) < 4.78 is 21.5. The molecule has 0 saturated heterocycles. The van der Waals surface area contributed by atoms with Gasteiger partial charge in [-0.15, -0.1) is 0 Å². The van der Waals surface area contributed by atoms with Crippen LogP contribution >= 0.6 is 0 Å². The molecule has 0 radical (unpaired) electrons. The van der Waals surface area contributed by atoms with Crippen molar-refractivity contribution < 1.29 is 23.8 Å². The molecule has 4 atom stereocenters. The number of halogens is 1. The number of nitrogens with zero attached hydrogens (tertiary/aromatic N) is 2. The molecule has 3 aromatic rings. The summed E-state index contributed by atoms with van der Waals surface area (Å²) in [5.41, 5.74) is 3.03. The number of H-pyrrole nitrogens is 1. The van der Waals surface area contributed by atoms with Crippen LogP contribution in [0.15, 0.2) is 18.5 Å². The molecule has 0 unspecified atom stereocenters. The fourth-order valence-corrected chi connectivity index (χ4v) is 5.39. The second-order valence-electron chi connectivity index (χ2n) is 11.1. The molecule has 4 N–H and O–H groups in total. The molecule has 2 aromatic heterocycles. The van der Waals surface area contributed by atoms with Crippen molar-refractivity contribution in [1.29, 1.82) is 0 Å². The fourth-order valence-electron chi connectivity index (χ4n) is 5.39. The van der Waals surface area contributed by atoms with Gasteiger partial charge in [0.15, 0.2) is 0 Å². The minimum absolute atomic E-state index is 0.0501. The number of ether oxygens (including phenoxy) is 1. The molecule has 39 heavy (non-hydrogen) atoms. The number of aryl methyl sites for hydroxylation is 2. The molecule has 10 heteroatoms. The number of hydrogen-bond donors (Lipinski definition) is 4. The Hall–Kier alpha value is -3.53. The predicted molar refractivity (Wildman–Crippen MR) is 145 cm³/mol. The minimum Gasteiger partial charge on any atom is -0.492 e. The van der Waals surface area contributed by atoms with Gasteiger partial charge in [0.25, 0.3) is 5.91 Å². The van der Waals surface area contributed by atoms with Gasteiger partial charge in [-0.2, -0.15) is 0 Å². The van der Waals surface area contributed by atoms with Crippen molar-refractivity contribution in [2.75, 3.05) is 6.61 Å². The average molecular weight is 538 g/mol. The third-order valence-electron chi connectivity index (χ3n) is 7.92. The van der Waals surface area contributed by atoms with Crippen LogP contribution < -0.4 is 15.4 Å². The first-order valence-electron chi connectivity index (χ1n) is 13.7. The third-order valence-corrected chi connectivity index (χ3v) is 7.92. The molecular formula is C29H36FN5O4. The highest BCUT2D eigenvalue weighted by Crippen LogP contribution is 2.39. The van der Waals surface area contributed by atoms with E-state index >= 15 is 4.39 Å². The van der Waals surface area contributed by atoms with E-state index in [1.807, 2.05) is 6.92 Å². The van der Waals surface area contributed by atoms with E-state index in [9.17, 15) is 14.7 Å². The topological polar surface area (TPSA) is 129 Å². The van der Waals surface area contributed by atoms with Gasteiger partial charge in [0.05, 0.1) is 23.3 Å². The molecule has 2 heterocycles. The maximum Gasteiger partial charge on any atom is 0.255 e. The van der Waals surface area contributed by atoms with Gasteiger partial charge in [-0.05, 0) is 76.3 Å². The summed E-state index contributed by atoms with van der Waals surface area (Å²) in [7, 11) is 0. The van der Waals surface area contributed by atoms with E-state index in [1.165, 1.54) is 13.3 Å². The van der Waals surface area contributed by atoms with E-state index in [1.54, 1.807) is 26.0 Å². The number of hydrogen-bond acceptors (Lipinski definition) is 6. The van der Waals surface area contributed by atoms with Crippen LogP contribution in [0.4, 0.5) is 4.39 Å². The van der Waals surface area contributed by atoms with Crippen molar-refractivity contribution in [2.45, 2.75) is 78.0 Å². The standard InChI is InChI=1S/C29H36FN5O4/c1-14-5-10-21(39-12-18-6-7-18)23(24(14)30)26-27-25(31-13-32-26)22(16(3)33-27)29(38)34-19-8-9-20(15(2)11-19)35-28(37)17(4)36/h5,10,13,15,17-20,33,36H,6-9,11-12H2,1-4H3,(H,34,38)(H,35,37)/t15-,17+,19-,20-/m1/s1. The smallest absolute Gasteiger partial charge is 0.255 e. The van der Waals surface area contributed by atoms with Crippen LogP contribution in [0.1, 0.15) is 67.6 Å². The highest BCUT2D eigenvalue weighted by atomic mass is 19.1. The summed E-state index contributed by atoms with van der Waals surface area (Å²) in [5.74, 6) is 0.00472. The van der Waals surface area contributed by atoms with Crippen LogP contribution in [-0.4, -0.2) is 56.7 Å². The van der Waals surface area contributed by atoms with E-state index in [0.717, 1.165) is 12.8 Å². The fraction of sp³-hybridized carbons (Fsp3) is 0.517. The van der Waals surface area contributed by atoms with Crippen LogP contribution in [0.2, 0.25) is 0 Å². The second-order valence-corrected chi connectivity index (χ2v) is 11.1. The normalized spacial score (nSPS) is 21.9. The van der Waals surface area contributed by atoms with Crippen molar-refractivity contribution in [3.63, 3.8) is 0 Å². The average Bonchev–Trinajstić information content (AvgIpc) is 3.65. The van der Waals surface area contributed by atoms with E-state index in [4.69, 9.17) is 4.74 Å². The number of amides is 2. The largest absolute Gasteiger partial charge is 0.492 e. The van der Waals surface area contributed by atoms with Gasteiger partial charge in [0.1, 0.15) is 35.2 Å². The molecule has 2 fully saturated rings. The second kappa shape index (κ2) is 10.9. The summed E-state index contributed by atoms with van der Waals surface area (Å²) >= 11 is 0. The lowest BCUT2D eigenvalue weighted by Crippen LogP contribution is -2.49. The summed E-state index contributed by atoms with van der Waals surface area (Å²) in [5, 5.41) is 15.5. The van der Waals surface area contributed by atoms with Crippen LogP contribution in [0.25, 0.3) is 22.3 Å². The van der Waals surface area contributed by atoms with Crippen molar-refractivity contribution >= 4 is 22.8 Å². The Morgan fingerprint density at radius 3 is 2.64 bits per heavy atom. The van der Waals surface area contributed by atoms with Gasteiger partial charge in [-0.25, -0.2) is 14.4 Å². The molecule has 0 aliphatic heterocycles. The molecule has 2 saturated carbocycles. The van der Waals surface area contributed by atoms with Gasteiger partial charge in [-0.1, -0.05) is 13.0 Å². The molecule has 2 aliphatic carbocycles. The SMILES string of the molecule is Cc1ccc(OCC2CC2)c(-c2ncnc3c(C(=O)N[C@@H]4CC[C@@H](NC(=O)[C@H](C)O)[C@H](C)C4)c(C)[nH]c23)c1F. The Bertz CT molecular complexity index is 1400. The van der Waals surface area contributed by atoms with Gasteiger partial charge in [0.2, 0.25) is 5.91 Å². The molecule has 5 rings (SSSR count). The van der Waals surface area contributed by atoms with Crippen LogP contribution in [0, 0.1) is 31.5 Å². The molecule has 2 amide bonds. The Labute approximate surface area is 227 Å². The molecule has 208 valence electrons. The van der Waals surface area contributed by atoms with E-state index in [0.29, 0.717) is 71.1 Å². The number of aliphatic hydroxyl groups excluding tert-OH is 1. The Kier molecular flexibility index (Phi) is 7.57. The number of fused-ring (bicyclic) bond motifs is 1. The van der Waals surface area contributed by atoms with Crippen LogP contribution in [0.5, 0.6) is 5.75 Å². The van der Waals surface area contributed by atoms with Crippen molar-refractivity contribution in [3.8, 4) is 17.0 Å². The highest BCUT2D eigenvalue weighted by molar-refractivity contribution is 6.09. The number of carbonyl (C=O) groups excluding carboxylic acids is 2. The zero-order valence-corrected chi connectivity index (χ0v) is 22.8. The van der Waals surface area contributed by atoms with Gasteiger partial charge < -0.3 is 25.5 Å². The Balaban J connectivity index is 1.39. The zero-order valence-electron chi connectivity index (χ0n) is 22.8. The molecular weight excluding hydrogens is 501 g/mol. The summed E-state index contributed by atoms with van der Waals surface area (Å²) in [6.07, 6.45) is 4.61. The molecule has 0 spiro atoms. The van der Waals surface area contributed by atoms with E-state index in [-0.39, 0.29) is 35.4 Å². The van der Waals surface area contributed by atoms with Gasteiger partial charge in [0, 0.05) is 17.8 Å². The quantitative estimate of drug-likeness (QED) is 0.344. The monoisotopic (exact) mass is 537 g/mol. The molecule has 2 aliphatic rings. The summed E-state index contributed by atoms with van der Waals surface area (Å²) in [6.45, 7) is 7.50. The number of aromatic amines is 1. The first-order chi connectivity index (χ1) is 18.6. The van der Waals surface area contributed by atoms with E-state index in [2.05, 4.69) is 25.6 Å². The lowest BCUT2D eigenvalue weighted by atomic mass is 9.82. The summed E-state index contributed by atoms with van der Waals surface area (Å²) in [4.78, 5) is 37.5. The van der Waals surface area contributed by atoms with Crippen LogP contribution in [0.3, 0.4) is 0 Å². The Morgan fingerprint density at radius 2 is 1.95 bits per heavy atom. The number of benzene rings is 1. The van der Waals surface area contributed by atoms with E-state index < -0.39 is 11.9 Å². The third kappa shape index (κ3) is 5.61. The van der Waals surface area contributed by atoms with Crippen LogP contribution in [-0.2, 0) is 4.79 Å². The van der Waals surface area contributed by atoms with Gasteiger partial charge in [-0.3, -0.25) is 9.59 Å². The zero-order chi connectivity index (χ0) is 27.8. The number of aromatic nitrogens is 3. The highest BCUT2D eigenvalue weighted by Gasteiger charge is 2.32. The maximum absolute atomic E-state index is 15.5. The Morgan fingerprint density at radius 1 is 1.18 bits per heavy atom. The lowest BCUT2D eigenvalue weighted by Gasteiger charge is -2.35. The van der Waals surface area contributed by atoms with Crippen molar-refractivity contribution in [2.24, 2.45) is 11.8 Å². The number of carbonyl (C=O) groups is 2. The number of rotatable bonds is 8. The first-order valence-corrected chi connectivity index (χ1v) is 13.7. The number of aliphatic hydroxyl groups is 1. The predicted octanol–water partition coefficient (Wildman–Crippen LogP) is 3.95. The minimum atomic E-state index is -1.06.